The molecule has 0 saturated carbocycles. The molecule has 2 aromatic heterocycles. The molecule has 0 aliphatic rings. The fourth-order valence-electron chi connectivity index (χ4n) is 1.25. The number of pyridine rings is 1. The van der Waals surface area contributed by atoms with Crippen molar-refractivity contribution in [2.75, 3.05) is 5.32 Å². The highest BCUT2D eigenvalue weighted by molar-refractivity contribution is 7.16. The van der Waals surface area contributed by atoms with E-state index in [0.29, 0.717) is 15.6 Å². The van der Waals surface area contributed by atoms with Gasteiger partial charge in [-0.3, -0.25) is 15.1 Å². The van der Waals surface area contributed by atoms with E-state index in [0.717, 1.165) is 6.08 Å². The van der Waals surface area contributed by atoms with Crippen LogP contribution in [0, 0.1) is 0 Å². The summed E-state index contributed by atoms with van der Waals surface area (Å²) in [4.78, 5) is 30.6. The van der Waals surface area contributed by atoms with Gasteiger partial charge in [-0.15, -0.1) is 0 Å². The van der Waals surface area contributed by atoms with Crippen LogP contribution in [-0.4, -0.2) is 27.0 Å². The molecule has 2 N–H and O–H groups in total. The summed E-state index contributed by atoms with van der Waals surface area (Å²) in [6.45, 7) is 0. The number of aliphatic carboxylic acids is 1. The Morgan fingerprint density at radius 1 is 1.32 bits per heavy atom. The fraction of sp³-hybridized carbons (Fsp3) is 0. The third kappa shape index (κ3) is 3.71. The maximum Gasteiger partial charge on any atom is 0.328 e. The smallest absolute Gasteiger partial charge is 0.328 e. The van der Waals surface area contributed by atoms with Crippen molar-refractivity contribution < 1.29 is 14.7 Å². The Balaban J connectivity index is 2.04. The van der Waals surface area contributed by atoms with Gasteiger partial charge in [-0.25, -0.2) is 9.78 Å². The number of nitrogens with one attached hydrogen (secondary N) is 1. The van der Waals surface area contributed by atoms with Gasteiger partial charge in [-0.1, -0.05) is 11.3 Å². The number of nitrogens with zero attached hydrogens (tertiary/aromatic N) is 2. The lowest BCUT2D eigenvalue weighted by Crippen LogP contribution is -2.11. The molecule has 0 spiro atoms. The van der Waals surface area contributed by atoms with Gasteiger partial charge in [-0.2, -0.15) is 0 Å². The topological polar surface area (TPSA) is 92.2 Å². The molecule has 7 heteroatoms. The minimum Gasteiger partial charge on any atom is -0.478 e. The van der Waals surface area contributed by atoms with E-state index >= 15 is 0 Å². The van der Waals surface area contributed by atoms with Crippen LogP contribution in [-0.2, 0) is 4.79 Å². The maximum atomic E-state index is 11.8. The Labute approximate surface area is 112 Å². The Bertz CT molecular complexity index is 622. The number of hydrogen-bond acceptors (Lipinski definition) is 5. The second kappa shape index (κ2) is 5.87. The second-order valence-corrected chi connectivity index (χ2v) is 4.49. The predicted octanol–water partition coefficient (Wildman–Crippen LogP) is 1.89. The third-order valence-electron chi connectivity index (χ3n) is 2.08. The highest BCUT2D eigenvalue weighted by Crippen LogP contribution is 2.19. The first kappa shape index (κ1) is 12.9. The van der Waals surface area contributed by atoms with E-state index < -0.39 is 5.97 Å². The van der Waals surface area contributed by atoms with Gasteiger partial charge in [0.15, 0.2) is 5.13 Å². The molecule has 0 atom stereocenters. The number of carbonyl (C=O) groups excluding carboxylic acids is 1. The van der Waals surface area contributed by atoms with Crippen molar-refractivity contribution in [1.82, 2.24) is 9.97 Å². The molecule has 0 aliphatic heterocycles. The van der Waals surface area contributed by atoms with Crippen molar-refractivity contribution in [3.8, 4) is 0 Å². The van der Waals surface area contributed by atoms with E-state index in [1.807, 2.05) is 0 Å². The fourth-order valence-corrected chi connectivity index (χ4v) is 1.96. The Morgan fingerprint density at radius 2 is 2.05 bits per heavy atom. The van der Waals surface area contributed by atoms with E-state index in [4.69, 9.17) is 5.11 Å². The van der Waals surface area contributed by atoms with E-state index in [1.165, 1.54) is 36.0 Å². The standard InChI is InChI=1S/C12H9N3O3S/c16-10(17)2-1-9-7-14-12(19-9)15-11(18)8-3-5-13-6-4-8/h1-7H,(H,16,17)(H,14,15,18)/b2-1+. The lowest BCUT2D eigenvalue weighted by atomic mass is 10.2. The lowest BCUT2D eigenvalue weighted by molar-refractivity contribution is -0.131. The number of anilines is 1. The van der Waals surface area contributed by atoms with Gasteiger partial charge in [0.25, 0.3) is 5.91 Å². The van der Waals surface area contributed by atoms with Crippen molar-refractivity contribution in [2.45, 2.75) is 0 Å². The van der Waals surface area contributed by atoms with Crippen LogP contribution in [0.4, 0.5) is 5.13 Å². The van der Waals surface area contributed by atoms with Crippen LogP contribution in [0.1, 0.15) is 15.2 Å². The average Bonchev–Trinajstić information content (AvgIpc) is 2.85. The van der Waals surface area contributed by atoms with E-state index in [2.05, 4.69) is 15.3 Å². The molecule has 0 fully saturated rings. The van der Waals surface area contributed by atoms with Crippen molar-refractivity contribution in [2.24, 2.45) is 0 Å². The molecule has 96 valence electrons. The van der Waals surface area contributed by atoms with Crippen LogP contribution in [0.25, 0.3) is 6.08 Å². The highest BCUT2D eigenvalue weighted by Gasteiger charge is 2.07. The number of hydrogen-bond donors (Lipinski definition) is 2. The van der Waals surface area contributed by atoms with Gasteiger partial charge in [0.1, 0.15) is 0 Å². The Morgan fingerprint density at radius 3 is 2.74 bits per heavy atom. The minimum absolute atomic E-state index is 0.287. The second-order valence-electron chi connectivity index (χ2n) is 3.43. The highest BCUT2D eigenvalue weighted by atomic mass is 32.1. The first-order valence-corrected chi connectivity index (χ1v) is 6.05. The molecule has 0 aliphatic carbocycles. The van der Waals surface area contributed by atoms with Crippen LogP contribution in [0.15, 0.2) is 36.8 Å². The van der Waals surface area contributed by atoms with Crippen molar-refractivity contribution in [1.29, 1.82) is 0 Å². The number of rotatable bonds is 4. The first-order valence-electron chi connectivity index (χ1n) is 5.23. The minimum atomic E-state index is -1.03. The van der Waals surface area contributed by atoms with Crippen molar-refractivity contribution >= 4 is 34.4 Å². The molecule has 1 amide bonds. The number of thiazole rings is 1. The van der Waals surface area contributed by atoms with Crippen molar-refractivity contribution in [3.63, 3.8) is 0 Å². The van der Waals surface area contributed by atoms with Crippen LogP contribution < -0.4 is 5.32 Å². The molecule has 0 bridgehead atoms. The summed E-state index contributed by atoms with van der Waals surface area (Å²) in [5.41, 5.74) is 0.479. The largest absolute Gasteiger partial charge is 0.478 e. The normalized spacial score (nSPS) is 10.5. The SMILES string of the molecule is O=C(O)/C=C/c1cnc(NC(=O)c2ccncc2)s1. The van der Waals surface area contributed by atoms with Crippen LogP contribution in [0.5, 0.6) is 0 Å². The third-order valence-corrected chi connectivity index (χ3v) is 2.95. The molecule has 0 radical (unpaired) electrons. The maximum absolute atomic E-state index is 11.8. The molecule has 2 aromatic rings. The molecule has 6 nitrogen and oxygen atoms in total. The van der Waals surface area contributed by atoms with Crippen molar-refractivity contribution in [3.05, 3.63) is 47.2 Å². The zero-order valence-corrected chi connectivity index (χ0v) is 10.4. The molecule has 19 heavy (non-hydrogen) atoms. The molecular formula is C12H9N3O3S. The number of aromatic nitrogens is 2. The molecule has 2 heterocycles. The van der Waals surface area contributed by atoms with Crippen LogP contribution in [0.3, 0.4) is 0 Å². The van der Waals surface area contributed by atoms with Gasteiger partial charge in [0, 0.05) is 35.1 Å². The van der Waals surface area contributed by atoms with E-state index in [1.54, 1.807) is 12.1 Å². The van der Waals surface area contributed by atoms with Crippen LogP contribution in [0.2, 0.25) is 0 Å². The number of carboxylic acid groups (broad SMARTS) is 1. The quantitative estimate of drug-likeness (QED) is 0.831. The van der Waals surface area contributed by atoms with Crippen LogP contribution >= 0.6 is 11.3 Å². The summed E-state index contributed by atoms with van der Waals surface area (Å²) in [6.07, 6.45) is 6.98. The summed E-state index contributed by atoms with van der Waals surface area (Å²) >= 11 is 1.19. The van der Waals surface area contributed by atoms with E-state index in [-0.39, 0.29) is 5.91 Å². The summed E-state index contributed by atoms with van der Waals surface area (Å²) < 4.78 is 0. The number of carbonyl (C=O) groups is 2. The summed E-state index contributed by atoms with van der Waals surface area (Å²) in [5.74, 6) is -1.32. The van der Waals surface area contributed by atoms with Gasteiger partial charge < -0.3 is 5.11 Å². The summed E-state index contributed by atoms with van der Waals surface area (Å²) in [7, 11) is 0. The molecule has 0 aromatic carbocycles. The van der Waals surface area contributed by atoms with Gasteiger partial charge in [0.2, 0.25) is 0 Å². The zero-order chi connectivity index (χ0) is 13.7. The predicted molar refractivity (Wildman–Crippen MR) is 71.0 cm³/mol. The molecule has 2 rings (SSSR count). The molecular weight excluding hydrogens is 266 g/mol. The van der Waals surface area contributed by atoms with Gasteiger partial charge in [-0.05, 0) is 18.2 Å². The summed E-state index contributed by atoms with van der Waals surface area (Å²) in [6, 6.07) is 3.18. The number of amides is 1. The lowest BCUT2D eigenvalue weighted by Gasteiger charge is -1.99. The Hall–Kier alpha value is -2.54. The molecule has 0 unspecified atom stereocenters. The first-order chi connectivity index (χ1) is 9.15. The summed E-state index contributed by atoms with van der Waals surface area (Å²) in [5, 5.41) is 11.5. The molecule has 0 saturated heterocycles. The van der Waals surface area contributed by atoms with Gasteiger partial charge >= 0.3 is 5.97 Å². The van der Waals surface area contributed by atoms with E-state index in [9.17, 15) is 9.59 Å². The number of carboxylic acids is 1. The monoisotopic (exact) mass is 275 g/mol. The Kier molecular flexibility index (Phi) is 3.99. The van der Waals surface area contributed by atoms with Gasteiger partial charge in [0.05, 0.1) is 0 Å². The average molecular weight is 275 g/mol. The zero-order valence-electron chi connectivity index (χ0n) is 9.61.